The third-order valence-corrected chi connectivity index (χ3v) is 3.86. The lowest BCUT2D eigenvalue weighted by Crippen LogP contribution is -2.41. The van der Waals surface area contributed by atoms with Gasteiger partial charge in [-0.05, 0) is 52.2 Å². The molecule has 0 unspecified atom stereocenters. The van der Waals surface area contributed by atoms with E-state index in [2.05, 4.69) is 0 Å². The van der Waals surface area contributed by atoms with Crippen molar-refractivity contribution in [2.45, 2.75) is 45.8 Å². The highest BCUT2D eigenvalue weighted by Gasteiger charge is 2.51. The van der Waals surface area contributed by atoms with Gasteiger partial charge < -0.3 is 19.8 Å². The molecule has 104 valence electrons. The molecule has 2 N–H and O–H groups in total. The van der Waals surface area contributed by atoms with E-state index < -0.39 is 0 Å². The lowest BCUT2D eigenvalue weighted by atomic mass is 9.79. The van der Waals surface area contributed by atoms with Crippen LogP contribution in [0.3, 0.4) is 0 Å². The minimum Gasteiger partial charge on any atom is -0.492 e. The molecule has 1 aliphatic rings. The predicted molar refractivity (Wildman–Crippen MR) is 77.7 cm³/mol. The summed E-state index contributed by atoms with van der Waals surface area (Å²) in [6, 6.07) is 5.65. The molecular weight excluding hydrogens is 241 g/mol. The Morgan fingerprint density at radius 1 is 1.16 bits per heavy atom. The maximum atomic E-state index is 5.99. The highest BCUT2D eigenvalue weighted by atomic mass is 16.7. The molecule has 0 radical (unpaired) electrons. The Kier molecular flexibility index (Phi) is 3.54. The normalized spacial score (nSPS) is 20.6. The quantitative estimate of drug-likeness (QED) is 0.669. The van der Waals surface area contributed by atoms with Crippen molar-refractivity contribution < 1.29 is 14.0 Å². The summed E-state index contributed by atoms with van der Waals surface area (Å²) >= 11 is 0. The van der Waals surface area contributed by atoms with Crippen molar-refractivity contribution in [1.82, 2.24) is 0 Å². The van der Waals surface area contributed by atoms with Gasteiger partial charge >= 0.3 is 7.12 Å². The van der Waals surface area contributed by atoms with Crippen LogP contribution in [0.2, 0.25) is 0 Å². The van der Waals surface area contributed by atoms with Gasteiger partial charge in [0.15, 0.2) is 0 Å². The molecule has 0 aromatic heterocycles. The van der Waals surface area contributed by atoms with Crippen LogP contribution in [0.4, 0.5) is 5.69 Å². The maximum Gasteiger partial charge on any atom is 0.494 e. The first kappa shape index (κ1) is 14.2. The van der Waals surface area contributed by atoms with Crippen molar-refractivity contribution in [2.75, 3.05) is 12.3 Å². The zero-order valence-electron chi connectivity index (χ0n) is 12.3. The Morgan fingerprint density at radius 2 is 1.74 bits per heavy atom. The van der Waals surface area contributed by atoms with E-state index in [1.165, 1.54) is 0 Å². The zero-order valence-corrected chi connectivity index (χ0v) is 12.3. The average molecular weight is 263 g/mol. The number of nitrogens with two attached hydrogens (primary N) is 1. The van der Waals surface area contributed by atoms with Gasteiger partial charge in [-0.15, -0.1) is 0 Å². The Bertz CT molecular complexity index is 458. The molecule has 1 aromatic carbocycles. The van der Waals surface area contributed by atoms with Gasteiger partial charge in [-0.3, -0.25) is 0 Å². The van der Waals surface area contributed by atoms with E-state index >= 15 is 0 Å². The summed E-state index contributed by atoms with van der Waals surface area (Å²) in [5, 5.41) is 0. The van der Waals surface area contributed by atoms with Crippen LogP contribution in [0.25, 0.3) is 0 Å². The van der Waals surface area contributed by atoms with E-state index in [1.807, 2.05) is 52.8 Å². The molecular formula is C14H22BNO3. The summed E-state index contributed by atoms with van der Waals surface area (Å²) in [7, 11) is -0.386. The molecule has 0 saturated carbocycles. The van der Waals surface area contributed by atoms with Crippen LogP contribution in [0.1, 0.15) is 34.6 Å². The van der Waals surface area contributed by atoms with Gasteiger partial charge in [-0.25, -0.2) is 0 Å². The van der Waals surface area contributed by atoms with Gasteiger partial charge in [0.2, 0.25) is 0 Å². The smallest absolute Gasteiger partial charge is 0.492 e. The van der Waals surface area contributed by atoms with Crippen LogP contribution in [0.5, 0.6) is 5.75 Å². The van der Waals surface area contributed by atoms with Crippen molar-refractivity contribution in [3.05, 3.63) is 18.2 Å². The predicted octanol–water partition coefficient (Wildman–Crippen LogP) is 1.97. The van der Waals surface area contributed by atoms with Crippen LogP contribution >= 0.6 is 0 Å². The topological polar surface area (TPSA) is 53.7 Å². The molecule has 2 rings (SSSR count). The first-order valence-electron chi connectivity index (χ1n) is 6.64. The van der Waals surface area contributed by atoms with Crippen molar-refractivity contribution >= 4 is 18.3 Å². The number of nitrogen functional groups attached to an aromatic ring is 1. The molecule has 0 atom stereocenters. The fraction of sp³-hybridized carbons (Fsp3) is 0.571. The number of rotatable bonds is 3. The first-order valence-corrected chi connectivity index (χ1v) is 6.64. The van der Waals surface area contributed by atoms with Crippen LogP contribution < -0.4 is 15.9 Å². The van der Waals surface area contributed by atoms with Crippen LogP contribution in [-0.2, 0) is 9.31 Å². The SMILES string of the molecule is CCOc1ccc(B2OC(C)(C)C(C)(C)O2)cc1N. The van der Waals surface area contributed by atoms with Gasteiger partial charge in [0, 0.05) is 0 Å². The van der Waals surface area contributed by atoms with Crippen molar-refractivity contribution in [1.29, 1.82) is 0 Å². The van der Waals surface area contributed by atoms with Crippen molar-refractivity contribution in [2.24, 2.45) is 0 Å². The molecule has 0 spiro atoms. The standard InChI is InChI=1S/C14H22BNO3/c1-6-17-12-8-7-10(9-11(12)16)15-18-13(2,3)14(4,5)19-15/h7-9H,6,16H2,1-5H3. The minimum atomic E-state index is -0.386. The van der Waals surface area contributed by atoms with E-state index in [9.17, 15) is 0 Å². The molecule has 0 bridgehead atoms. The van der Waals surface area contributed by atoms with Gasteiger partial charge in [-0.2, -0.15) is 0 Å². The molecule has 0 amide bonds. The highest BCUT2D eigenvalue weighted by molar-refractivity contribution is 6.62. The Hall–Kier alpha value is -1.20. The highest BCUT2D eigenvalue weighted by Crippen LogP contribution is 2.36. The monoisotopic (exact) mass is 263 g/mol. The van der Waals surface area contributed by atoms with Gasteiger partial charge in [0.25, 0.3) is 0 Å². The second kappa shape index (κ2) is 4.73. The molecule has 1 heterocycles. The number of hydrogen-bond donors (Lipinski definition) is 1. The number of ether oxygens (including phenoxy) is 1. The Balaban J connectivity index is 2.23. The van der Waals surface area contributed by atoms with Crippen LogP contribution in [0.15, 0.2) is 18.2 Å². The second-order valence-corrected chi connectivity index (χ2v) is 5.82. The summed E-state index contributed by atoms with van der Waals surface area (Å²) < 4.78 is 17.4. The van der Waals surface area contributed by atoms with E-state index in [1.54, 1.807) is 0 Å². The van der Waals surface area contributed by atoms with Crippen LogP contribution in [0, 0.1) is 0 Å². The van der Waals surface area contributed by atoms with E-state index in [0.29, 0.717) is 18.0 Å². The van der Waals surface area contributed by atoms with E-state index in [0.717, 1.165) is 5.46 Å². The van der Waals surface area contributed by atoms with Crippen molar-refractivity contribution in [3.63, 3.8) is 0 Å². The van der Waals surface area contributed by atoms with E-state index in [4.69, 9.17) is 19.8 Å². The lowest BCUT2D eigenvalue weighted by Gasteiger charge is -2.32. The molecule has 19 heavy (non-hydrogen) atoms. The van der Waals surface area contributed by atoms with Gasteiger partial charge in [0.05, 0.1) is 23.5 Å². The van der Waals surface area contributed by atoms with Crippen molar-refractivity contribution in [3.8, 4) is 5.75 Å². The summed E-state index contributed by atoms with van der Waals surface area (Å²) in [4.78, 5) is 0. The third-order valence-electron chi connectivity index (χ3n) is 3.86. The van der Waals surface area contributed by atoms with E-state index in [-0.39, 0.29) is 18.3 Å². The number of hydrogen-bond acceptors (Lipinski definition) is 4. The molecule has 1 aliphatic heterocycles. The molecule has 1 aromatic rings. The van der Waals surface area contributed by atoms with Crippen LogP contribution in [-0.4, -0.2) is 24.9 Å². The molecule has 5 heteroatoms. The van der Waals surface area contributed by atoms with Gasteiger partial charge in [0.1, 0.15) is 5.75 Å². The molecule has 4 nitrogen and oxygen atoms in total. The number of anilines is 1. The maximum absolute atomic E-state index is 5.99. The Labute approximate surface area is 115 Å². The second-order valence-electron chi connectivity index (χ2n) is 5.82. The minimum absolute atomic E-state index is 0.342. The van der Waals surface area contributed by atoms with Gasteiger partial charge in [-0.1, -0.05) is 6.07 Å². The summed E-state index contributed by atoms with van der Waals surface area (Å²) in [6.07, 6.45) is 0. The summed E-state index contributed by atoms with van der Waals surface area (Å²) in [5.74, 6) is 0.697. The summed E-state index contributed by atoms with van der Waals surface area (Å²) in [5.41, 5.74) is 6.81. The third kappa shape index (κ3) is 2.58. The zero-order chi connectivity index (χ0) is 14.3. The number of benzene rings is 1. The molecule has 0 aliphatic carbocycles. The average Bonchev–Trinajstić information content (AvgIpc) is 2.51. The lowest BCUT2D eigenvalue weighted by molar-refractivity contribution is 0.00578. The fourth-order valence-electron chi connectivity index (χ4n) is 1.98. The fourth-order valence-corrected chi connectivity index (χ4v) is 1.98. The summed E-state index contributed by atoms with van der Waals surface area (Å²) in [6.45, 7) is 10.7. The Morgan fingerprint density at radius 3 is 2.21 bits per heavy atom. The molecule has 1 fully saturated rings. The largest absolute Gasteiger partial charge is 0.494 e. The molecule has 1 saturated heterocycles. The first-order chi connectivity index (χ1) is 8.77.